The Morgan fingerprint density at radius 1 is 0.962 bits per heavy atom. The molecule has 136 valence electrons. The van der Waals surface area contributed by atoms with Crippen LogP contribution in [-0.2, 0) is 0 Å². The van der Waals surface area contributed by atoms with Gasteiger partial charge in [-0.2, -0.15) is 0 Å². The van der Waals surface area contributed by atoms with Crippen molar-refractivity contribution in [2.45, 2.75) is 26.7 Å². The van der Waals surface area contributed by atoms with Gasteiger partial charge in [0.1, 0.15) is 11.4 Å². The minimum absolute atomic E-state index is 0.648. The van der Waals surface area contributed by atoms with Crippen LogP contribution in [0.25, 0.3) is 22.0 Å². The fourth-order valence-electron chi connectivity index (χ4n) is 3.25. The second kappa shape index (κ2) is 8.37. The van der Waals surface area contributed by atoms with E-state index in [1.807, 2.05) is 30.3 Å². The van der Waals surface area contributed by atoms with Crippen LogP contribution in [0.2, 0.25) is 5.02 Å². The van der Waals surface area contributed by atoms with Crippen molar-refractivity contribution >= 4 is 28.2 Å². The first-order chi connectivity index (χ1) is 12.7. The van der Waals surface area contributed by atoms with E-state index in [0.29, 0.717) is 5.02 Å². The molecular weight excluding hydrogens is 346 g/mol. The number of rotatable bonds is 7. The quantitative estimate of drug-likeness (QED) is 0.544. The molecule has 3 aromatic rings. The van der Waals surface area contributed by atoms with Crippen LogP contribution in [0.15, 0.2) is 42.5 Å². The zero-order valence-corrected chi connectivity index (χ0v) is 16.3. The Bertz CT molecular complexity index is 892. The van der Waals surface area contributed by atoms with Gasteiger partial charge in [-0.1, -0.05) is 49.7 Å². The number of benzene rings is 2. The molecule has 0 saturated heterocycles. The maximum atomic E-state index is 6.23. The highest BCUT2D eigenvalue weighted by molar-refractivity contribution is 6.31. The fourth-order valence-corrected chi connectivity index (χ4v) is 3.42. The highest BCUT2D eigenvalue weighted by atomic mass is 35.5. The third kappa shape index (κ3) is 3.61. The van der Waals surface area contributed by atoms with E-state index in [4.69, 9.17) is 16.3 Å². The van der Waals surface area contributed by atoms with Gasteiger partial charge in [0.25, 0.3) is 0 Å². The van der Waals surface area contributed by atoms with Gasteiger partial charge in [-0.15, -0.1) is 10.2 Å². The summed E-state index contributed by atoms with van der Waals surface area (Å²) in [5, 5.41) is 12.0. The second-order valence-electron chi connectivity index (χ2n) is 6.25. The summed E-state index contributed by atoms with van der Waals surface area (Å²) in [4.78, 5) is 2.31. The first-order valence-electron chi connectivity index (χ1n) is 9.03. The number of ether oxygens (including phenoxy) is 1. The summed E-state index contributed by atoms with van der Waals surface area (Å²) < 4.78 is 5.52. The number of methoxy groups -OCH3 is 1. The molecule has 3 rings (SSSR count). The highest BCUT2D eigenvalue weighted by Gasteiger charge is 2.17. The number of nitrogens with zero attached hydrogens (tertiary/aromatic N) is 3. The van der Waals surface area contributed by atoms with E-state index >= 15 is 0 Å². The van der Waals surface area contributed by atoms with Gasteiger partial charge in [0.2, 0.25) is 0 Å². The van der Waals surface area contributed by atoms with Gasteiger partial charge in [0, 0.05) is 34.4 Å². The Kier molecular flexibility index (Phi) is 5.94. The van der Waals surface area contributed by atoms with Crippen molar-refractivity contribution in [3.8, 4) is 17.0 Å². The molecule has 0 unspecified atom stereocenters. The molecule has 0 bridgehead atoms. The summed E-state index contributed by atoms with van der Waals surface area (Å²) in [5.74, 6) is 1.68. The Morgan fingerprint density at radius 2 is 1.65 bits per heavy atom. The lowest BCUT2D eigenvalue weighted by atomic mass is 10.0. The zero-order chi connectivity index (χ0) is 18.5. The maximum Gasteiger partial charge on any atom is 0.159 e. The minimum Gasteiger partial charge on any atom is -0.496 e. The van der Waals surface area contributed by atoms with Crippen LogP contribution in [0.3, 0.4) is 0 Å². The summed E-state index contributed by atoms with van der Waals surface area (Å²) >= 11 is 6.23. The lowest BCUT2D eigenvalue weighted by Gasteiger charge is -2.24. The number of hydrogen-bond acceptors (Lipinski definition) is 4. The molecule has 0 aliphatic carbocycles. The molecule has 2 aromatic carbocycles. The lowest BCUT2D eigenvalue weighted by Crippen LogP contribution is -2.26. The minimum atomic E-state index is 0.648. The number of anilines is 1. The van der Waals surface area contributed by atoms with Crippen molar-refractivity contribution < 1.29 is 4.74 Å². The molecule has 1 heterocycles. The summed E-state index contributed by atoms with van der Waals surface area (Å²) in [6, 6.07) is 13.8. The molecular formula is C21H24ClN3O. The Hall–Kier alpha value is -2.33. The van der Waals surface area contributed by atoms with E-state index in [1.165, 1.54) is 0 Å². The van der Waals surface area contributed by atoms with Gasteiger partial charge in [-0.25, -0.2) is 0 Å². The second-order valence-corrected chi connectivity index (χ2v) is 6.69. The Labute approximate surface area is 159 Å². The van der Waals surface area contributed by atoms with Gasteiger partial charge in [-0.05, 0) is 31.0 Å². The molecule has 0 aliphatic heterocycles. The van der Waals surface area contributed by atoms with E-state index in [1.54, 1.807) is 7.11 Å². The average molecular weight is 370 g/mol. The zero-order valence-electron chi connectivity index (χ0n) is 15.5. The molecule has 0 atom stereocenters. The molecule has 0 radical (unpaired) electrons. The number of aromatic nitrogens is 2. The standard InChI is InChI=1S/C21H24ClN3O/c1-4-12-25(13-5-2)21-17-9-7-6-8-16(17)20(23-24-21)18-14-15(22)10-11-19(18)26-3/h6-11,14H,4-5,12-13H2,1-3H3. The van der Waals surface area contributed by atoms with Crippen LogP contribution < -0.4 is 9.64 Å². The van der Waals surface area contributed by atoms with Gasteiger partial charge in [0.15, 0.2) is 5.82 Å². The summed E-state index contributed by atoms with van der Waals surface area (Å²) in [7, 11) is 1.65. The van der Waals surface area contributed by atoms with Gasteiger partial charge in [-0.3, -0.25) is 0 Å². The Morgan fingerprint density at radius 3 is 2.31 bits per heavy atom. The molecule has 0 N–H and O–H groups in total. The smallest absolute Gasteiger partial charge is 0.159 e. The summed E-state index contributed by atoms with van der Waals surface area (Å²) in [6.45, 7) is 6.30. The van der Waals surface area contributed by atoms with E-state index in [0.717, 1.165) is 59.5 Å². The van der Waals surface area contributed by atoms with Crippen LogP contribution in [0.5, 0.6) is 5.75 Å². The van der Waals surface area contributed by atoms with Crippen LogP contribution in [0.1, 0.15) is 26.7 Å². The van der Waals surface area contributed by atoms with Crippen LogP contribution in [-0.4, -0.2) is 30.4 Å². The maximum absolute atomic E-state index is 6.23. The molecule has 0 spiro atoms. The normalized spacial score (nSPS) is 10.9. The fraction of sp³-hybridized carbons (Fsp3) is 0.333. The number of hydrogen-bond donors (Lipinski definition) is 0. The summed E-state index contributed by atoms with van der Waals surface area (Å²) in [6.07, 6.45) is 2.14. The van der Waals surface area contributed by atoms with Crippen molar-refractivity contribution in [3.63, 3.8) is 0 Å². The van der Waals surface area contributed by atoms with Crippen molar-refractivity contribution in [1.29, 1.82) is 0 Å². The van der Waals surface area contributed by atoms with Crippen LogP contribution in [0.4, 0.5) is 5.82 Å². The molecule has 0 aliphatic rings. The van der Waals surface area contributed by atoms with Crippen molar-refractivity contribution in [2.75, 3.05) is 25.1 Å². The topological polar surface area (TPSA) is 38.2 Å². The predicted molar refractivity (Wildman–Crippen MR) is 109 cm³/mol. The first kappa shape index (κ1) is 18.5. The van der Waals surface area contributed by atoms with Crippen LogP contribution in [0, 0.1) is 0 Å². The van der Waals surface area contributed by atoms with Crippen LogP contribution >= 0.6 is 11.6 Å². The van der Waals surface area contributed by atoms with Crippen molar-refractivity contribution in [1.82, 2.24) is 10.2 Å². The monoisotopic (exact) mass is 369 g/mol. The Balaban J connectivity index is 2.22. The molecule has 26 heavy (non-hydrogen) atoms. The first-order valence-corrected chi connectivity index (χ1v) is 9.41. The van der Waals surface area contributed by atoms with Crippen molar-refractivity contribution in [2.24, 2.45) is 0 Å². The third-order valence-electron chi connectivity index (χ3n) is 4.37. The molecule has 4 nitrogen and oxygen atoms in total. The molecule has 0 amide bonds. The highest BCUT2D eigenvalue weighted by Crippen LogP contribution is 2.37. The molecule has 1 aromatic heterocycles. The average Bonchev–Trinajstić information content (AvgIpc) is 2.67. The lowest BCUT2D eigenvalue weighted by molar-refractivity contribution is 0.416. The molecule has 0 saturated carbocycles. The number of fused-ring (bicyclic) bond motifs is 1. The predicted octanol–water partition coefficient (Wildman–Crippen LogP) is 5.59. The van der Waals surface area contributed by atoms with Gasteiger partial charge in [0.05, 0.1) is 7.11 Å². The SMILES string of the molecule is CCCN(CCC)c1nnc(-c2cc(Cl)ccc2OC)c2ccccc12. The summed E-state index contributed by atoms with van der Waals surface area (Å²) in [5.41, 5.74) is 1.64. The third-order valence-corrected chi connectivity index (χ3v) is 4.61. The molecule has 5 heteroatoms. The van der Waals surface area contributed by atoms with Gasteiger partial charge >= 0.3 is 0 Å². The molecule has 0 fully saturated rings. The van der Waals surface area contributed by atoms with E-state index in [9.17, 15) is 0 Å². The van der Waals surface area contributed by atoms with Crippen molar-refractivity contribution in [3.05, 3.63) is 47.5 Å². The van der Waals surface area contributed by atoms with E-state index in [-0.39, 0.29) is 0 Å². The number of halogens is 1. The van der Waals surface area contributed by atoms with E-state index in [2.05, 4.69) is 41.1 Å². The van der Waals surface area contributed by atoms with E-state index < -0.39 is 0 Å². The van der Waals surface area contributed by atoms with Gasteiger partial charge < -0.3 is 9.64 Å². The largest absolute Gasteiger partial charge is 0.496 e.